The van der Waals surface area contributed by atoms with E-state index in [-0.39, 0.29) is 12.4 Å². The van der Waals surface area contributed by atoms with Crippen molar-refractivity contribution in [3.63, 3.8) is 0 Å². The second kappa shape index (κ2) is 6.74. The second-order valence-corrected chi connectivity index (χ2v) is 4.09. The molecule has 100 valence electrons. The summed E-state index contributed by atoms with van der Waals surface area (Å²) in [6, 6.07) is 13.5. The van der Waals surface area contributed by atoms with Crippen molar-refractivity contribution in [3.05, 3.63) is 60.2 Å². The van der Waals surface area contributed by atoms with Crippen LogP contribution in [0, 0.1) is 11.8 Å². The Labute approximate surface area is 123 Å². The monoisotopic (exact) mass is 284 g/mol. The minimum Gasteiger partial charge on any atom is -0.441 e. The first-order valence-electron chi connectivity index (χ1n) is 6.16. The lowest BCUT2D eigenvalue weighted by Crippen LogP contribution is -1.83. The highest BCUT2D eigenvalue weighted by atomic mass is 35.5. The van der Waals surface area contributed by atoms with E-state index in [0.29, 0.717) is 12.8 Å². The predicted octanol–water partition coefficient (Wildman–Crippen LogP) is 3.63. The smallest absolute Gasteiger partial charge is 0.196 e. The van der Waals surface area contributed by atoms with Gasteiger partial charge in [0.05, 0.1) is 0 Å². The van der Waals surface area contributed by atoms with Crippen molar-refractivity contribution in [1.82, 2.24) is 9.97 Å². The van der Waals surface area contributed by atoms with Gasteiger partial charge in [0.25, 0.3) is 0 Å². The Bertz CT molecular complexity index is 708. The highest BCUT2D eigenvalue weighted by Gasteiger charge is 2.03. The topological polar surface area (TPSA) is 38.9 Å². The quantitative estimate of drug-likeness (QED) is 0.675. The van der Waals surface area contributed by atoms with Gasteiger partial charge in [-0.1, -0.05) is 24.1 Å². The van der Waals surface area contributed by atoms with E-state index < -0.39 is 0 Å². The Morgan fingerprint density at radius 2 is 1.90 bits per heavy atom. The van der Waals surface area contributed by atoms with Crippen LogP contribution in [0.15, 0.2) is 53.1 Å². The maximum Gasteiger partial charge on any atom is 0.196 e. The number of para-hydroxylation sites is 2. The average molecular weight is 285 g/mol. The molecule has 4 heteroatoms. The fourth-order valence-electron chi connectivity index (χ4n) is 1.79. The zero-order chi connectivity index (χ0) is 12.9. The summed E-state index contributed by atoms with van der Waals surface area (Å²) in [5.41, 5.74) is 2.52. The molecule has 0 aliphatic rings. The Morgan fingerprint density at radius 3 is 2.70 bits per heavy atom. The van der Waals surface area contributed by atoms with Crippen molar-refractivity contribution in [2.75, 3.05) is 0 Å². The lowest BCUT2D eigenvalue weighted by Gasteiger charge is -1.88. The number of nitrogens with zero attached hydrogens (tertiary/aromatic N) is 2. The number of pyridine rings is 1. The van der Waals surface area contributed by atoms with Gasteiger partial charge in [-0.2, -0.15) is 0 Å². The number of rotatable bonds is 2. The molecular weight excluding hydrogens is 272 g/mol. The van der Waals surface area contributed by atoms with Crippen molar-refractivity contribution in [1.29, 1.82) is 0 Å². The molecule has 20 heavy (non-hydrogen) atoms. The molecule has 0 spiro atoms. The number of aryl methyl sites for hydroxylation is 1. The van der Waals surface area contributed by atoms with Crippen molar-refractivity contribution in [3.8, 4) is 11.8 Å². The Kier molecular flexibility index (Phi) is 4.75. The van der Waals surface area contributed by atoms with Crippen LogP contribution in [-0.4, -0.2) is 9.97 Å². The molecule has 0 atom stereocenters. The standard InChI is InChI=1S/C16H12N2O.ClH/c1(7-13-8-5-6-12-17-13)4-11-16-18-14-9-2-3-10-15(14)19-16;/h2-3,5-6,8-10,12H,4,11H2;1H. The molecule has 0 unspecified atom stereocenters. The molecule has 2 aromatic heterocycles. The van der Waals surface area contributed by atoms with Crippen LogP contribution in [0.2, 0.25) is 0 Å². The summed E-state index contributed by atoms with van der Waals surface area (Å²) in [4.78, 5) is 8.55. The van der Waals surface area contributed by atoms with E-state index in [9.17, 15) is 0 Å². The number of aromatic nitrogens is 2. The van der Waals surface area contributed by atoms with Gasteiger partial charge in [-0.05, 0) is 30.2 Å². The zero-order valence-electron chi connectivity index (χ0n) is 10.7. The van der Waals surface area contributed by atoms with Gasteiger partial charge in [-0.3, -0.25) is 0 Å². The van der Waals surface area contributed by atoms with E-state index in [1.807, 2.05) is 42.5 Å². The number of oxazole rings is 1. The molecule has 0 bridgehead atoms. The Hall–Kier alpha value is -2.31. The molecule has 1 aromatic carbocycles. The van der Waals surface area contributed by atoms with E-state index >= 15 is 0 Å². The van der Waals surface area contributed by atoms with Crippen molar-refractivity contribution < 1.29 is 4.42 Å². The lowest BCUT2D eigenvalue weighted by atomic mass is 10.3. The summed E-state index contributed by atoms with van der Waals surface area (Å²) in [5.74, 6) is 6.83. The third-order valence-corrected chi connectivity index (χ3v) is 2.68. The minimum absolute atomic E-state index is 0. The molecule has 0 saturated carbocycles. The summed E-state index contributed by atoms with van der Waals surface area (Å²) in [6.07, 6.45) is 3.17. The van der Waals surface area contributed by atoms with E-state index in [4.69, 9.17) is 4.42 Å². The highest BCUT2D eigenvalue weighted by molar-refractivity contribution is 5.85. The highest BCUT2D eigenvalue weighted by Crippen LogP contribution is 2.15. The minimum atomic E-state index is 0. The number of hydrogen-bond acceptors (Lipinski definition) is 3. The summed E-state index contributed by atoms with van der Waals surface area (Å²) in [7, 11) is 0. The first-order valence-corrected chi connectivity index (χ1v) is 6.16. The van der Waals surface area contributed by atoms with Crippen LogP contribution in [-0.2, 0) is 6.42 Å². The van der Waals surface area contributed by atoms with Gasteiger partial charge in [0.15, 0.2) is 11.5 Å². The molecule has 0 N–H and O–H groups in total. The molecule has 0 radical (unpaired) electrons. The van der Waals surface area contributed by atoms with Gasteiger partial charge in [0, 0.05) is 19.0 Å². The van der Waals surface area contributed by atoms with E-state index in [2.05, 4.69) is 21.8 Å². The number of benzene rings is 1. The van der Waals surface area contributed by atoms with Crippen LogP contribution in [0.25, 0.3) is 11.1 Å². The third kappa shape index (κ3) is 3.37. The van der Waals surface area contributed by atoms with Gasteiger partial charge >= 0.3 is 0 Å². The summed E-state index contributed by atoms with van der Waals surface area (Å²) >= 11 is 0. The summed E-state index contributed by atoms with van der Waals surface area (Å²) in [6.45, 7) is 0. The molecule has 0 aliphatic carbocycles. The Morgan fingerprint density at radius 1 is 1.05 bits per heavy atom. The average Bonchev–Trinajstić information content (AvgIpc) is 2.87. The summed E-state index contributed by atoms with van der Waals surface area (Å²) < 4.78 is 5.63. The van der Waals surface area contributed by atoms with Gasteiger partial charge in [0.2, 0.25) is 0 Å². The van der Waals surface area contributed by atoms with Crippen LogP contribution in [0.1, 0.15) is 18.0 Å². The largest absolute Gasteiger partial charge is 0.441 e. The fraction of sp³-hybridized carbons (Fsp3) is 0.125. The predicted molar refractivity (Wildman–Crippen MR) is 80.7 cm³/mol. The molecule has 0 amide bonds. The number of halogens is 1. The second-order valence-electron chi connectivity index (χ2n) is 4.09. The van der Waals surface area contributed by atoms with Crippen molar-refractivity contribution in [2.24, 2.45) is 0 Å². The third-order valence-electron chi connectivity index (χ3n) is 2.68. The van der Waals surface area contributed by atoms with Gasteiger partial charge < -0.3 is 4.42 Å². The van der Waals surface area contributed by atoms with Crippen LogP contribution in [0.5, 0.6) is 0 Å². The molecule has 3 nitrogen and oxygen atoms in total. The maximum absolute atomic E-state index is 5.63. The molecular formula is C16H13ClN2O. The fourth-order valence-corrected chi connectivity index (χ4v) is 1.79. The Balaban J connectivity index is 0.00000147. The molecule has 0 fully saturated rings. The van der Waals surface area contributed by atoms with Gasteiger partial charge in [0.1, 0.15) is 11.2 Å². The molecule has 3 aromatic rings. The van der Waals surface area contributed by atoms with Gasteiger partial charge in [-0.25, -0.2) is 9.97 Å². The number of hydrogen-bond donors (Lipinski definition) is 0. The number of fused-ring (bicyclic) bond motifs is 1. The van der Waals surface area contributed by atoms with Crippen LogP contribution >= 0.6 is 12.4 Å². The normalized spacial score (nSPS) is 9.60. The van der Waals surface area contributed by atoms with E-state index in [0.717, 1.165) is 22.7 Å². The molecule has 0 aliphatic heterocycles. The molecule has 0 saturated heterocycles. The SMILES string of the molecule is C(#Cc1ccccn1)CCc1nc2ccccc2o1.Cl. The first-order chi connectivity index (χ1) is 9.42. The zero-order valence-corrected chi connectivity index (χ0v) is 11.6. The van der Waals surface area contributed by atoms with Crippen LogP contribution in [0.4, 0.5) is 0 Å². The maximum atomic E-state index is 5.63. The van der Waals surface area contributed by atoms with Crippen LogP contribution in [0.3, 0.4) is 0 Å². The van der Waals surface area contributed by atoms with Gasteiger partial charge in [-0.15, -0.1) is 12.4 Å². The van der Waals surface area contributed by atoms with Crippen molar-refractivity contribution in [2.45, 2.75) is 12.8 Å². The molecule has 2 heterocycles. The lowest BCUT2D eigenvalue weighted by molar-refractivity contribution is 0.531. The van der Waals surface area contributed by atoms with E-state index in [1.54, 1.807) is 6.20 Å². The van der Waals surface area contributed by atoms with Crippen molar-refractivity contribution >= 4 is 23.5 Å². The first kappa shape index (κ1) is 14.1. The summed E-state index contributed by atoms with van der Waals surface area (Å²) in [5, 5.41) is 0. The van der Waals surface area contributed by atoms with E-state index in [1.165, 1.54) is 0 Å². The van der Waals surface area contributed by atoms with Crippen LogP contribution < -0.4 is 0 Å². The molecule has 3 rings (SSSR count).